The summed E-state index contributed by atoms with van der Waals surface area (Å²) in [5.41, 5.74) is -0.590. The van der Waals surface area contributed by atoms with Gasteiger partial charge in [-0.15, -0.1) is 13.2 Å². The molecule has 0 aliphatic carbocycles. The van der Waals surface area contributed by atoms with Crippen LogP contribution < -0.4 is 5.32 Å². The Balaban J connectivity index is 1.70. The number of alkyl halides is 1. The molecule has 8 atom stereocenters. The number of fused-ring (bicyclic) bond motifs is 1. The monoisotopic (exact) mass is 729 g/mol. The van der Waals surface area contributed by atoms with Gasteiger partial charge in [0.05, 0.1) is 37.1 Å². The van der Waals surface area contributed by atoms with Crippen LogP contribution in [0.4, 0.5) is 0 Å². The second-order valence-electron chi connectivity index (χ2n) is 13.6. The summed E-state index contributed by atoms with van der Waals surface area (Å²) in [6, 6.07) is 7.49. The zero-order valence-electron chi connectivity index (χ0n) is 28.5. The van der Waals surface area contributed by atoms with Gasteiger partial charge in [0, 0.05) is 24.3 Å². The SMILES string of the molecule is C=CCCC(=O)NC[C@@H](OC(=O)[C@H]1[C@@H]2O[C@@]3(CC2Br)[C@@H]1C(=O)N([C@@H](CO)CC(C)C)[C@@H]3C(=O)N(CC=C)CCCCC)c1ccccc1. The van der Waals surface area contributed by atoms with Gasteiger partial charge in [-0.1, -0.05) is 92.0 Å². The zero-order chi connectivity index (χ0) is 35.0. The molecule has 4 rings (SSSR count). The van der Waals surface area contributed by atoms with E-state index in [9.17, 15) is 24.3 Å². The highest BCUT2D eigenvalue weighted by Crippen LogP contribution is 2.61. The summed E-state index contributed by atoms with van der Waals surface area (Å²) in [7, 11) is 0. The number of halogens is 1. The van der Waals surface area contributed by atoms with Crippen molar-refractivity contribution in [3.8, 4) is 0 Å². The molecule has 1 spiro atoms. The normalized spacial score (nSPS) is 27.0. The highest BCUT2D eigenvalue weighted by Gasteiger charge is 2.77. The van der Waals surface area contributed by atoms with Crippen molar-refractivity contribution in [2.45, 2.75) is 100 Å². The third-order valence-corrected chi connectivity index (χ3v) is 10.6. The number of allylic oxidation sites excluding steroid dienone is 1. The molecule has 1 unspecified atom stereocenters. The van der Waals surface area contributed by atoms with Gasteiger partial charge in [0.25, 0.3) is 0 Å². The number of amides is 3. The number of carbonyl (C=O) groups is 4. The first kappa shape index (κ1) is 37.8. The molecule has 3 aliphatic rings. The second-order valence-corrected chi connectivity index (χ2v) is 14.8. The Labute approximate surface area is 293 Å². The van der Waals surface area contributed by atoms with Crippen LogP contribution in [0.15, 0.2) is 55.6 Å². The van der Waals surface area contributed by atoms with Gasteiger partial charge >= 0.3 is 5.97 Å². The summed E-state index contributed by atoms with van der Waals surface area (Å²) in [6.07, 6.45) is 6.17. The van der Waals surface area contributed by atoms with Crippen LogP contribution in [-0.2, 0) is 28.7 Å². The molecule has 1 aromatic carbocycles. The van der Waals surface area contributed by atoms with Crippen LogP contribution in [0.25, 0.3) is 0 Å². The molecule has 3 amide bonds. The number of unbranched alkanes of at least 4 members (excludes halogenated alkanes) is 2. The number of esters is 1. The standard InChI is InChI=1S/C37H52BrN3O7/c1-6-9-14-19-40(18-8-3)35(45)33-37-21-27(38)32(48-37)30(31(37)34(44)41(33)26(23-42)20-24(4)5)36(46)47-28(25-15-12-11-13-16-25)22-39-29(43)17-10-7-2/h7-8,11-13,15-16,24,26-28,30-33,42H,2-3,6,9-10,14,17-23H2,1,4-5H3,(H,39,43)/t26-,27?,28-,30-,31+,32-,33-,37+/m1/s1. The molecule has 3 heterocycles. The van der Waals surface area contributed by atoms with E-state index in [2.05, 4.69) is 41.3 Å². The molecule has 2 N–H and O–H groups in total. The number of benzene rings is 1. The largest absolute Gasteiger partial charge is 0.455 e. The smallest absolute Gasteiger partial charge is 0.313 e. The average Bonchev–Trinajstić information content (AvgIpc) is 3.67. The van der Waals surface area contributed by atoms with Gasteiger partial charge in [-0.2, -0.15) is 0 Å². The third-order valence-electron chi connectivity index (χ3n) is 9.76. The van der Waals surface area contributed by atoms with E-state index >= 15 is 0 Å². The minimum atomic E-state index is -1.29. The Kier molecular flexibility index (Phi) is 13.4. The fourth-order valence-corrected chi connectivity index (χ4v) is 8.59. The second kappa shape index (κ2) is 17.1. The van der Waals surface area contributed by atoms with Gasteiger partial charge in [-0.05, 0) is 37.2 Å². The van der Waals surface area contributed by atoms with E-state index in [4.69, 9.17) is 9.47 Å². The molecule has 10 nitrogen and oxygen atoms in total. The molecule has 0 saturated carbocycles. The van der Waals surface area contributed by atoms with Crippen molar-refractivity contribution in [3.05, 3.63) is 61.2 Å². The number of aliphatic hydroxyl groups is 1. The average molecular weight is 731 g/mol. The van der Waals surface area contributed by atoms with E-state index in [0.29, 0.717) is 37.9 Å². The Hall–Kier alpha value is -3.02. The summed E-state index contributed by atoms with van der Waals surface area (Å²) < 4.78 is 12.9. The molecule has 264 valence electrons. The van der Waals surface area contributed by atoms with Gasteiger partial charge < -0.3 is 29.7 Å². The van der Waals surface area contributed by atoms with Crippen LogP contribution in [-0.4, -0.2) is 93.5 Å². The Bertz CT molecular complexity index is 1310. The van der Waals surface area contributed by atoms with Crippen LogP contribution in [0.5, 0.6) is 0 Å². The van der Waals surface area contributed by atoms with Crippen LogP contribution >= 0.6 is 15.9 Å². The summed E-state index contributed by atoms with van der Waals surface area (Å²) in [5, 5.41) is 13.5. The van der Waals surface area contributed by atoms with E-state index in [-0.39, 0.29) is 48.0 Å². The fourth-order valence-electron chi connectivity index (χ4n) is 7.64. The van der Waals surface area contributed by atoms with Crippen molar-refractivity contribution in [1.29, 1.82) is 0 Å². The highest BCUT2D eigenvalue weighted by molar-refractivity contribution is 9.09. The Morgan fingerprint density at radius 2 is 1.94 bits per heavy atom. The van der Waals surface area contributed by atoms with Crippen molar-refractivity contribution in [1.82, 2.24) is 15.1 Å². The molecule has 0 radical (unpaired) electrons. The van der Waals surface area contributed by atoms with Gasteiger partial charge in [-0.25, -0.2) is 0 Å². The van der Waals surface area contributed by atoms with Crippen molar-refractivity contribution >= 4 is 39.6 Å². The molecular weight excluding hydrogens is 678 g/mol. The first-order valence-electron chi connectivity index (χ1n) is 17.3. The molecule has 1 aromatic rings. The minimum Gasteiger partial charge on any atom is -0.455 e. The van der Waals surface area contributed by atoms with Gasteiger partial charge in [0.2, 0.25) is 17.7 Å². The summed E-state index contributed by atoms with van der Waals surface area (Å²) in [5.74, 6) is -3.29. The van der Waals surface area contributed by atoms with Gasteiger partial charge in [0.15, 0.2) is 0 Å². The lowest BCUT2D eigenvalue weighted by Gasteiger charge is -2.39. The summed E-state index contributed by atoms with van der Waals surface area (Å²) in [6.45, 7) is 14.2. The predicted molar refractivity (Wildman–Crippen MR) is 187 cm³/mol. The summed E-state index contributed by atoms with van der Waals surface area (Å²) in [4.78, 5) is 59.0. The van der Waals surface area contributed by atoms with Crippen LogP contribution in [0, 0.1) is 17.8 Å². The number of hydrogen-bond acceptors (Lipinski definition) is 7. The molecular formula is C37H52BrN3O7. The highest BCUT2D eigenvalue weighted by atomic mass is 79.9. The van der Waals surface area contributed by atoms with Crippen LogP contribution in [0.1, 0.15) is 77.4 Å². The van der Waals surface area contributed by atoms with E-state index < -0.39 is 47.7 Å². The van der Waals surface area contributed by atoms with E-state index in [1.807, 2.05) is 44.2 Å². The predicted octanol–water partition coefficient (Wildman–Crippen LogP) is 4.71. The maximum absolute atomic E-state index is 14.7. The topological polar surface area (TPSA) is 125 Å². The van der Waals surface area contributed by atoms with Crippen molar-refractivity contribution < 1.29 is 33.8 Å². The Morgan fingerprint density at radius 1 is 1.21 bits per heavy atom. The number of nitrogens with zero attached hydrogens (tertiary/aromatic N) is 2. The maximum Gasteiger partial charge on any atom is 0.313 e. The number of likely N-dealkylation sites (tertiary alicyclic amines) is 1. The number of carbonyl (C=O) groups excluding carboxylic acids is 4. The quantitative estimate of drug-likeness (QED) is 0.0915. The number of rotatable bonds is 19. The molecule has 3 saturated heterocycles. The first-order valence-corrected chi connectivity index (χ1v) is 18.2. The first-order chi connectivity index (χ1) is 23.0. The molecule has 11 heteroatoms. The number of ether oxygens (including phenoxy) is 2. The third kappa shape index (κ3) is 7.89. The molecule has 3 fully saturated rings. The van der Waals surface area contributed by atoms with Gasteiger partial charge in [-0.3, -0.25) is 19.2 Å². The lowest BCUT2D eigenvalue weighted by atomic mass is 9.70. The maximum atomic E-state index is 14.7. The van der Waals surface area contributed by atoms with E-state index in [0.717, 1.165) is 19.3 Å². The molecule has 2 bridgehead atoms. The number of nitrogens with one attached hydrogen (secondary N) is 1. The summed E-state index contributed by atoms with van der Waals surface area (Å²) >= 11 is 3.73. The lowest BCUT2D eigenvalue weighted by molar-refractivity contribution is -0.161. The molecule has 0 aromatic heterocycles. The van der Waals surface area contributed by atoms with Gasteiger partial charge in [0.1, 0.15) is 17.7 Å². The number of aliphatic hydroxyl groups excluding tert-OH is 1. The van der Waals surface area contributed by atoms with Crippen LogP contribution in [0.3, 0.4) is 0 Å². The molecule has 3 aliphatic heterocycles. The molecule has 48 heavy (non-hydrogen) atoms. The Morgan fingerprint density at radius 3 is 2.56 bits per heavy atom. The van der Waals surface area contributed by atoms with Crippen molar-refractivity contribution in [2.75, 3.05) is 26.2 Å². The minimum absolute atomic E-state index is 0.0496. The van der Waals surface area contributed by atoms with E-state index in [1.165, 1.54) is 4.90 Å². The zero-order valence-corrected chi connectivity index (χ0v) is 30.1. The number of hydrogen-bond donors (Lipinski definition) is 2. The fraction of sp³-hybridized carbons (Fsp3) is 0.622. The van der Waals surface area contributed by atoms with Crippen molar-refractivity contribution in [2.24, 2.45) is 17.8 Å². The van der Waals surface area contributed by atoms with Crippen molar-refractivity contribution in [3.63, 3.8) is 0 Å². The van der Waals surface area contributed by atoms with E-state index in [1.54, 1.807) is 17.1 Å². The van der Waals surface area contributed by atoms with Crippen LogP contribution in [0.2, 0.25) is 0 Å². The lowest BCUT2D eigenvalue weighted by Crippen LogP contribution is -2.59.